The van der Waals surface area contributed by atoms with Crippen molar-refractivity contribution >= 4 is 11.0 Å². The van der Waals surface area contributed by atoms with Gasteiger partial charge in [-0.05, 0) is 42.5 Å². The van der Waals surface area contributed by atoms with E-state index in [4.69, 9.17) is 14.7 Å². The van der Waals surface area contributed by atoms with Crippen LogP contribution in [0.15, 0.2) is 115 Å². The summed E-state index contributed by atoms with van der Waals surface area (Å²) in [6.45, 7) is 0. The summed E-state index contributed by atoms with van der Waals surface area (Å²) in [5.74, 6) is 0.778. The summed E-state index contributed by atoms with van der Waals surface area (Å²) in [7, 11) is 0. The maximum atomic E-state index is 10.3. The van der Waals surface area contributed by atoms with Gasteiger partial charge >= 0.3 is 6.01 Å². The summed E-state index contributed by atoms with van der Waals surface area (Å²) in [5.41, 5.74) is 5.60. The maximum Gasteiger partial charge on any atom is 0.305 e. The predicted molar refractivity (Wildman–Crippen MR) is 137 cm³/mol. The number of rotatable bonds is 5. The van der Waals surface area contributed by atoms with Gasteiger partial charge in [-0.3, -0.25) is 4.57 Å². The number of fused-ring (bicyclic) bond motifs is 1. The van der Waals surface area contributed by atoms with Crippen LogP contribution in [0.2, 0.25) is 0 Å². The van der Waals surface area contributed by atoms with Crippen LogP contribution >= 0.6 is 0 Å². The Hall–Kier alpha value is -4.21. The fourth-order valence-corrected chi connectivity index (χ4v) is 4.14. The fourth-order valence-electron chi connectivity index (χ4n) is 4.14. The van der Waals surface area contributed by atoms with Crippen LogP contribution in [0.3, 0.4) is 0 Å². The molecule has 0 aliphatic heterocycles. The normalized spacial score (nSPS) is 10.7. The first-order valence-corrected chi connectivity index (χ1v) is 11.3. The van der Waals surface area contributed by atoms with Crippen molar-refractivity contribution in [2.45, 2.75) is 0 Å². The first kappa shape index (κ1) is 23.5. The van der Waals surface area contributed by atoms with Crippen molar-refractivity contribution in [1.82, 2.24) is 14.5 Å². The van der Waals surface area contributed by atoms with Gasteiger partial charge in [-0.15, -0.1) is 12.1 Å². The number of imidazole rings is 1. The number of pyridine rings is 1. The minimum Gasteiger partial charge on any atom is -0.507 e. The van der Waals surface area contributed by atoms with Crippen LogP contribution in [-0.2, 0) is 21.1 Å². The van der Waals surface area contributed by atoms with Crippen LogP contribution < -0.4 is 4.74 Å². The van der Waals surface area contributed by atoms with E-state index >= 15 is 0 Å². The number of para-hydroxylation sites is 4. The van der Waals surface area contributed by atoms with Crippen molar-refractivity contribution in [3.63, 3.8) is 0 Å². The van der Waals surface area contributed by atoms with Crippen LogP contribution in [0, 0.1) is 6.07 Å². The smallest absolute Gasteiger partial charge is 0.305 e. The number of hydrogen-bond donors (Lipinski definition) is 1. The van der Waals surface area contributed by atoms with E-state index in [2.05, 4.69) is 6.07 Å². The van der Waals surface area contributed by atoms with E-state index in [1.165, 1.54) is 0 Å². The summed E-state index contributed by atoms with van der Waals surface area (Å²) in [5, 5.41) is 10.3. The molecule has 1 N–H and O–H groups in total. The summed E-state index contributed by atoms with van der Waals surface area (Å²) in [4.78, 5) is 9.78. The second-order valence-corrected chi connectivity index (χ2v) is 7.99. The molecule has 0 bridgehead atoms. The Balaban J connectivity index is 0.00000267. The van der Waals surface area contributed by atoms with Gasteiger partial charge in [0.05, 0.1) is 22.6 Å². The molecule has 6 aromatic rings. The number of phenols is 1. The van der Waals surface area contributed by atoms with Gasteiger partial charge in [0.25, 0.3) is 0 Å². The summed E-state index contributed by atoms with van der Waals surface area (Å²) in [6.07, 6.45) is 0. The Morgan fingerprint density at radius 3 is 2.14 bits per heavy atom. The van der Waals surface area contributed by atoms with E-state index < -0.39 is 0 Å². The molecule has 6 rings (SSSR count). The largest absolute Gasteiger partial charge is 0.507 e. The van der Waals surface area contributed by atoms with Crippen molar-refractivity contribution in [2.75, 3.05) is 0 Å². The molecule has 0 amide bonds. The molecule has 2 heterocycles. The third-order valence-electron chi connectivity index (χ3n) is 5.76. The number of benzene rings is 4. The molecule has 0 atom stereocenters. The number of ether oxygens (including phenoxy) is 1. The minimum atomic E-state index is 0. The van der Waals surface area contributed by atoms with Crippen LogP contribution in [0.25, 0.3) is 39.2 Å². The SMILES string of the molecule is Oc1ccccc1-c1cccc(-c2cccc3c2nc(Oc2[c-]cccc2)n3-c2ccccc2)n1.[Pt]. The Bertz CT molecular complexity index is 1630. The van der Waals surface area contributed by atoms with E-state index in [9.17, 15) is 5.11 Å². The van der Waals surface area contributed by atoms with Crippen LogP contribution in [-0.4, -0.2) is 19.6 Å². The zero-order valence-electron chi connectivity index (χ0n) is 19.0. The molecule has 0 fully saturated rings. The van der Waals surface area contributed by atoms with Gasteiger partial charge < -0.3 is 9.84 Å². The molecule has 0 spiro atoms. The third kappa shape index (κ3) is 4.41. The standard InChI is InChI=1S/C30H20N3O2.Pt/c34-28-20-8-7-15-23(28)25-17-10-18-26(31-25)24-16-9-19-27-29(24)32-30(35-22-13-5-2-6-14-22)33(27)21-11-3-1-4-12-21;/h1-13,15-20,34H;/q-1;. The summed E-state index contributed by atoms with van der Waals surface area (Å²) < 4.78 is 8.18. The van der Waals surface area contributed by atoms with Gasteiger partial charge in [0.1, 0.15) is 11.3 Å². The van der Waals surface area contributed by atoms with Gasteiger partial charge in [0.2, 0.25) is 0 Å². The molecule has 0 unspecified atom stereocenters. The van der Waals surface area contributed by atoms with Crippen molar-refractivity contribution in [2.24, 2.45) is 0 Å². The first-order chi connectivity index (χ1) is 17.3. The number of hydrogen-bond acceptors (Lipinski definition) is 4. The van der Waals surface area contributed by atoms with Crippen LogP contribution in [0.1, 0.15) is 0 Å². The average Bonchev–Trinajstić information content (AvgIpc) is 3.28. The topological polar surface area (TPSA) is 60.2 Å². The van der Waals surface area contributed by atoms with E-state index in [0.29, 0.717) is 23.0 Å². The molecule has 2 aromatic heterocycles. The van der Waals surface area contributed by atoms with Gasteiger partial charge in [-0.2, -0.15) is 23.2 Å². The summed E-state index contributed by atoms with van der Waals surface area (Å²) in [6, 6.07) is 40.0. The number of aromatic nitrogens is 3. The number of phenolic OH excluding ortho intramolecular Hbond substituents is 1. The molecule has 0 saturated carbocycles. The van der Waals surface area contributed by atoms with Crippen LogP contribution in [0.4, 0.5) is 0 Å². The van der Waals surface area contributed by atoms with Gasteiger partial charge in [-0.1, -0.05) is 48.5 Å². The average molecular weight is 650 g/mol. The van der Waals surface area contributed by atoms with E-state index in [1.807, 2.05) is 108 Å². The molecule has 36 heavy (non-hydrogen) atoms. The molecule has 6 heteroatoms. The predicted octanol–water partition coefficient (Wildman–Crippen LogP) is 7.05. The number of aromatic hydroxyl groups is 1. The molecule has 5 nitrogen and oxygen atoms in total. The van der Waals surface area contributed by atoms with E-state index in [-0.39, 0.29) is 26.8 Å². The maximum absolute atomic E-state index is 10.3. The Kier molecular flexibility index (Phi) is 6.66. The zero-order chi connectivity index (χ0) is 23.6. The molecule has 0 saturated heterocycles. The Morgan fingerprint density at radius 1 is 0.667 bits per heavy atom. The van der Waals surface area contributed by atoms with Gasteiger partial charge in [0.15, 0.2) is 0 Å². The van der Waals surface area contributed by atoms with Gasteiger partial charge in [0, 0.05) is 37.9 Å². The Labute approximate surface area is 222 Å². The number of nitrogens with zero attached hydrogens (tertiary/aromatic N) is 3. The first-order valence-electron chi connectivity index (χ1n) is 11.3. The third-order valence-corrected chi connectivity index (χ3v) is 5.76. The molecule has 0 aliphatic rings. The molecule has 0 aliphatic carbocycles. The molecular formula is C30H20N3O2Pt-. The molecule has 178 valence electrons. The molecular weight excluding hydrogens is 629 g/mol. The second kappa shape index (κ2) is 10.2. The zero-order valence-corrected chi connectivity index (χ0v) is 21.3. The summed E-state index contributed by atoms with van der Waals surface area (Å²) >= 11 is 0. The van der Waals surface area contributed by atoms with E-state index in [1.54, 1.807) is 12.1 Å². The monoisotopic (exact) mass is 649 g/mol. The van der Waals surface area contributed by atoms with Gasteiger partial charge in [-0.25, -0.2) is 4.98 Å². The van der Waals surface area contributed by atoms with Crippen molar-refractivity contribution < 1.29 is 30.9 Å². The molecule has 4 aromatic carbocycles. The Morgan fingerprint density at radius 2 is 1.36 bits per heavy atom. The van der Waals surface area contributed by atoms with E-state index in [0.717, 1.165) is 28.0 Å². The molecule has 0 radical (unpaired) electrons. The van der Waals surface area contributed by atoms with Crippen molar-refractivity contribution in [3.05, 3.63) is 121 Å². The fraction of sp³-hybridized carbons (Fsp3) is 0. The van der Waals surface area contributed by atoms with Crippen molar-refractivity contribution in [1.29, 1.82) is 0 Å². The van der Waals surface area contributed by atoms with Crippen molar-refractivity contribution in [3.8, 4) is 45.7 Å². The van der Waals surface area contributed by atoms with Crippen LogP contribution in [0.5, 0.6) is 17.5 Å². The minimum absolute atomic E-state index is 0. The quantitative estimate of drug-likeness (QED) is 0.204. The second-order valence-electron chi connectivity index (χ2n) is 7.99.